The Morgan fingerprint density at radius 1 is 1.16 bits per heavy atom. The van der Waals surface area contributed by atoms with Crippen molar-refractivity contribution in [2.45, 2.75) is 26.1 Å². The van der Waals surface area contributed by atoms with Gasteiger partial charge in [-0.25, -0.2) is 9.59 Å². The minimum Gasteiger partial charge on any atom is -0.476 e. The fourth-order valence-corrected chi connectivity index (χ4v) is 3.22. The van der Waals surface area contributed by atoms with Crippen LogP contribution in [0.3, 0.4) is 0 Å². The van der Waals surface area contributed by atoms with Crippen LogP contribution in [0.5, 0.6) is 0 Å². The lowest BCUT2D eigenvalue weighted by Crippen LogP contribution is -2.31. The Balaban J connectivity index is 1.66. The van der Waals surface area contributed by atoms with Gasteiger partial charge in [0.2, 0.25) is 0 Å². The minimum absolute atomic E-state index is 0.0289. The summed E-state index contributed by atoms with van der Waals surface area (Å²) in [5.74, 6) is -1.09. The molecule has 0 bridgehead atoms. The number of ether oxygens (including phenoxy) is 1. The maximum Gasteiger partial charge on any atom is 0.410 e. The van der Waals surface area contributed by atoms with Crippen LogP contribution in [0.2, 0.25) is 10.0 Å². The zero-order chi connectivity index (χ0) is 18.0. The summed E-state index contributed by atoms with van der Waals surface area (Å²) in [5, 5.41) is 14.0. The van der Waals surface area contributed by atoms with E-state index < -0.39 is 12.1 Å². The number of aromatic nitrogens is 2. The van der Waals surface area contributed by atoms with E-state index in [2.05, 4.69) is 5.10 Å². The number of carboxylic acid groups (broad SMARTS) is 1. The van der Waals surface area contributed by atoms with E-state index >= 15 is 0 Å². The number of aryl methyl sites for hydroxylation is 1. The second-order valence-corrected chi connectivity index (χ2v) is 6.53. The first-order valence-electron chi connectivity index (χ1n) is 7.59. The molecule has 0 unspecified atom stereocenters. The first kappa shape index (κ1) is 17.6. The Bertz CT molecular complexity index is 801. The summed E-state index contributed by atoms with van der Waals surface area (Å²) in [7, 11) is 0. The Kier molecular flexibility index (Phi) is 5.15. The van der Waals surface area contributed by atoms with Gasteiger partial charge in [-0.2, -0.15) is 5.10 Å². The summed E-state index contributed by atoms with van der Waals surface area (Å²) in [6.07, 6.45) is 0.175. The average molecular weight is 384 g/mol. The number of benzene rings is 1. The molecule has 25 heavy (non-hydrogen) atoms. The molecule has 1 amide bonds. The molecule has 1 aromatic carbocycles. The summed E-state index contributed by atoms with van der Waals surface area (Å²) >= 11 is 11.9. The Morgan fingerprint density at radius 3 is 2.56 bits per heavy atom. The third-order valence-electron chi connectivity index (χ3n) is 3.78. The highest BCUT2D eigenvalue weighted by Crippen LogP contribution is 2.20. The SMILES string of the molecule is O=C(O)c1cc2n(n1)CCCN(C(=O)OCc1cc(Cl)cc(Cl)c1)C2. The molecule has 1 aromatic heterocycles. The predicted octanol–water partition coefficient (Wildman–Crippen LogP) is 3.43. The molecule has 2 aromatic rings. The van der Waals surface area contributed by atoms with Gasteiger partial charge in [-0.3, -0.25) is 4.68 Å². The van der Waals surface area contributed by atoms with E-state index in [9.17, 15) is 9.59 Å². The number of nitrogens with zero attached hydrogens (tertiary/aromatic N) is 3. The zero-order valence-corrected chi connectivity index (χ0v) is 14.6. The number of rotatable bonds is 3. The molecule has 0 saturated carbocycles. The van der Waals surface area contributed by atoms with Crippen LogP contribution in [0.15, 0.2) is 24.3 Å². The molecule has 0 atom stereocenters. The van der Waals surface area contributed by atoms with Gasteiger partial charge in [0.25, 0.3) is 0 Å². The lowest BCUT2D eigenvalue weighted by molar-refractivity contribution is 0.0689. The number of hydrogen-bond acceptors (Lipinski definition) is 4. The van der Waals surface area contributed by atoms with Gasteiger partial charge in [0.1, 0.15) is 6.61 Å². The van der Waals surface area contributed by atoms with E-state index in [1.807, 2.05) is 0 Å². The second-order valence-electron chi connectivity index (χ2n) is 5.66. The van der Waals surface area contributed by atoms with Crippen LogP contribution in [0.4, 0.5) is 4.79 Å². The van der Waals surface area contributed by atoms with E-state index in [1.54, 1.807) is 22.9 Å². The Hall–Kier alpha value is -2.25. The van der Waals surface area contributed by atoms with Crippen molar-refractivity contribution in [1.29, 1.82) is 0 Å². The number of amides is 1. The van der Waals surface area contributed by atoms with Gasteiger partial charge < -0.3 is 14.7 Å². The van der Waals surface area contributed by atoms with Crippen molar-refractivity contribution >= 4 is 35.3 Å². The lowest BCUT2D eigenvalue weighted by Gasteiger charge is -2.19. The molecule has 3 rings (SSSR count). The predicted molar refractivity (Wildman–Crippen MR) is 90.9 cm³/mol. The van der Waals surface area contributed by atoms with Crippen LogP contribution < -0.4 is 0 Å². The molecule has 1 N–H and O–H groups in total. The molecular formula is C16H15Cl2N3O4. The van der Waals surface area contributed by atoms with E-state index in [1.165, 1.54) is 11.0 Å². The standard InChI is InChI=1S/C16H15Cl2N3O4/c17-11-4-10(5-12(18)6-11)9-25-16(24)20-2-1-3-21-13(8-20)7-14(19-21)15(22)23/h4-7H,1-3,8-9H2,(H,22,23). The molecule has 0 aliphatic carbocycles. The normalized spacial score (nSPS) is 13.9. The van der Waals surface area contributed by atoms with Gasteiger partial charge in [-0.15, -0.1) is 0 Å². The summed E-state index contributed by atoms with van der Waals surface area (Å²) in [6.45, 7) is 1.35. The molecule has 0 radical (unpaired) electrons. The highest BCUT2D eigenvalue weighted by molar-refractivity contribution is 6.34. The number of fused-ring (bicyclic) bond motifs is 1. The average Bonchev–Trinajstić information content (AvgIpc) is 2.84. The first-order valence-corrected chi connectivity index (χ1v) is 8.34. The van der Waals surface area contributed by atoms with Gasteiger partial charge in [0, 0.05) is 23.1 Å². The monoisotopic (exact) mass is 383 g/mol. The molecule has 0 fully saturated rings. The van der Waals surface area contributed by atoms with Crippen molar-refractivity contribution in [2.75, 3.05) is 6.54 Å². The number of carbonyl (C=O) groups is 2. The zero-order valence-electron chi connectivity index (χ0n) is 13.1. The number of hydrogen-bond donors (Lipinski definition) is 1. The summed E-state index contributed by atoms with van der Waals surface area (Å²) in [4.78, 5) is 24.9. The summed E-state index contributed by atoms with van der Waals surface area (Å²) < 4.78 is 6.94. The fraction of sp³-hybridized carbons (Fsp3) is 0.312. The van der Waals surface area contributed by atoms with Gasteiger partial charge >= 0.3 is 12.1 Å². The van der Waals surface area contributed by atoms with E-state index in [0.29, 0.717) is 40.8 Å². The van der Waals surface area contributed by atoms with Crippen LogP contribution in [-0.4, -0.2) is 38.4 Å². The highest BCUT2D eigenvalue weighted by Gasteiger charge is 2.23. The number of aromatic carboxylic acids is 1. The smallest absolute Gasteiger partial charge is 0.410 e. The molecular weight excluding hydrogens is 369 g/mol. The molecule has 1 aliphatic rings. The second kappa shape index (κ2) is 7.33. The maximum absolute atomic E-state index is 12.3. The summed E-state index contributed by atoms with van der Waals surface area (Å²) in [5.41, 5.74) is 1.33. The van der Waals surface area contributed by atoms with Crippen LogP contribution >= 0.6 is 23.2 Å². The van der Waals surface area contributed by atoms with Crippen molar-refractivity contribution in [3.05, 3.63) is 51.3 Å². The fourth-order valence-electron chi connectivity index (χ4n) is 2.65. The van der Waals surface area contributed by atoms with Crippen LogP contribution in [0.1, 0.15) is 28.2 Å². The Labute approximate surface area is 153 Å². The lowest BCUT2D eigenvalue weighted by atomic mass is 10.2. The quantitative estimate of drug-likeness (QED) is 0.877. The van der Waals surface area contributed by atoms with Crippen molar-refractivity contribution < 1.29 is 19.4 Å². The van der Waals surface area contributed by atoms with E-state index in [0.717, 1.165) is 0 Å². The minimum atomic E-state index is -1.09. The number of carbonyl (C=O) groups excluding carboxylic acids is 1. The van der Waals surface area contributed by atoms with Crippen molar-refractivity contribution in [3.63, 3.8) is 0 Å². The molecule has 1 aliphatic heterocycles. The van der Waals surface area contributed by atoms with Crippen molar-refractivity contribution in [3.8, 4) is 0 Å². The molecule has 0 spiro atoms. The molecule has 7 nitrogen and oxygen atoms in total. The number of halogens is 2. The summed E-state index contributed by atoms with van der Waals surface area (Å²) in [6, 6.07) is 6.43. The van der Waals surface area contributed by atoms with Crippen LogP contribution in [0.25, 0.3) is 0 Å². The van der Waals surface area contributed by atoms with Crippen molar-refractivity contribution in [2.24, 2.45) is 0 Å². The van der Waals surface area contributed by atoms with E-state index in [-0.39, 0.29) is 18.8 Å². The van der Waals surface area contributed by atoms with Crippen LogP contribution in [-0.2, 0) is 24.4 Å². The number of carboxylic acids is 1. The van der Waals surface area contributed by atoms with Gasteiger partial charge in [0.05, 0.1) is 12.2 Å². The molecule has 132 valence electrons. The van der Waals surface area contributed by atoms with Gasteiger partial charge in [0.15, 0.2) is 5.69 Å². The molecule has 9 heteroatoms. The molecule has 0 saturated heterocycles. The third-order valence-corrected chi connectivity index (χ3v) is 4.21. The van der Waals surface area contributed by atoms with Gasteiger partial charge in [-0.05, 0) is 36.2 Å². The largest absolute Gasteiger partial charge is 0.476 e. The first-order chi connectivity index (χ1) is 11.9. The van der Waals surface area contributed by atoms with Gasteiger partial charge in [-0.1, -0.05) is 23.2 Å². The van der Waals surface area contributed by atoms with E-state index in [4.69, 9.17) is 33.0 Å². The van der Waals surface area contributed by atoms with Crippen molar-refractivity contribution in [1.82, 2.24) is 14.7 Å². The maximum atomic E-state index is 12.3. The highest BCUT2D eigenvalue weighted by atomic mass is 35.5. The van der Waals surface area contributed by atoms with Crippen LogP contribution in [0, 0.1) is 0 Å². The topological polar surface area (TPSA) is 84.7 Å². The molecule has 2 heterocycles. The Morgan fingerprint density at radius 2 is 1.88 bits per heavy atom. The third kappa shape index (κ3) is 4.24.